The van der Waals surface area contributed by atoms with E-state index in [1.165, 1.54) is 0 Å². The Kier molecular flexibility index (Phi) is 23.1. The fraction of sp³-hybridized carbons (Fsp3) is 0.294. The van der Waals surface area contributed by atoms with Gasteiger partial charge in [0.1, 0.15) is 36.6 Å². The molecule has 90 heavy (non-hydrogen) atoms. The van der Waals surface area contributed by atoms with Crippen molar-refractivity contribution in [1.82, 2.24) is 0 Å². The summed E-state index contributed by atoms with van der Waals surface area (Å²) < 4.78 is 158. The first-order valence-corrected chi connectivity index (χ1v) is 35.7. The molecular formula is C68H72O18P4. The molecule has 11 rings (SSSR count). The van der Waals surface area contributed by atoms with Crippen LogP contribution in [0.2, 0.25) is 0 Å². The summed E-state index contributed by atoms with van der Waals surface area (Å²) in [5, 5.41) is 0. The maximum atomic E-state index is 16.3. The van der Waals surface area contributed by atoms with E-state index in [2.05, 4.69) is 0 Å². The third-order valence-electron chi connectivity index (χ3n) is 15.1. The molecule has 6 atom stereocenters. The molecule has 8 aromatic rings. The van der Waals surface area contributed by atoms with Crippen LogP contribution in [0.1, 0.15) is 76.6 Å². The molecule has 3 fully saturated rings. The Labute approximate surface area is 525 Å². The topological polar surface area (TPSA) is 197 Å². The van der Waals surface area contributed by atoms with Crippen LogP contribution in [0.4, 0.5) is 0 Å². The second-order valence-electron chi connectivity index (χ2n) is 21.8. The van der Waals surface area contributed by atoms with Gasteiger partial charge in [-0.2, -0.15) is 0 Å². The molecule has 2 saturated carbocycles. The molecule has 1 spiro atoms. The number of rotatable bonds is 32. The van der Waals surface area contributed by atoms with Crippen molar-refractivity contribution in [1.29, 1.82) is 0 Å². The van der Waals surface area contributed by atoms with Gasteiger partial charge in [-0.1, -0.05) is 249 Å². The SMILES string of the molecule is O=P(OCc1ccccc1)(OCc1ccccc1)O[C@@H]1[C@@H](OP(=O)(OCc2ccccc2)OCc2ccccc2)[C@H](OP(=O)(OCc2ccccc2)OCc2ccccc2)[C@H]2OC3(CCCCC3)O[C@H]2[C@H]1OP(=O)(OCc1ccccc1)OCc1ccccc1. The molecule has 18 nitrogen and oxygen atoms in total. The van der Waals surface area contributed by atoms with Gasteiger partial charge in [0.05, 0.1) is 52.9 Å². The Hall–Kier alpha value is -5.88. The molecule has 8 aromatic carbocycles. The first-order valence-electron chi connectivity index (χ1n) is 29.9. The van der Waals surface area contributed by atoms with Gasteiger partial charge in [-0.3, -0.25) is 54.3 Å². The number of hydrogen-bond acceptors (Lipinski definition) is 18. The second-order valence-corrected chi connectivity index (χ2v) is 28.3. The highest BCUT2D eigenvalue weighted by molar-refractivity contribution is 7.49. The summed E-state index contributed by atoms with van der Waals surface area (Å²) in [6, 6.07) is 71.6. The molecule has 0 amide bonds. The van der Waals surface area contributed by atoms with Gasteiger partial charge in [0.25, 0.3) is 0 Å². The maximum Gasteiger partial charge on any atom is 0.475 e. The zero-order chi connectivity index (χ0) is 62.0. The van der Waals surface area contributed by atoms with Crippen LogP contribution in [0.15, 0.2) is 243 Å². The zero-order valence-corrected chi connectivity index (χ0v) is 53.0. The van der Waals surface area contributed by atoms with Crippen molar-refractivity contribution in [3.63, 3.8) is 0 Å². The third kappa shape index (κ3) is 18.7. The molecule has 0 N–H and O–H groups in total. The van der Waals surface area contributed by atoms with Gasteiger partial charge < -0.3 is 9.47 Å². The van der Waals surface area contributed by atoms with Crippen LogP contribution in [-0.2, 0) is 135 Å². The number of hydrogen-bond donors (Lipinski definition) is 0. The van der Waals surface area contributed by atoms with Crippen molar-refractivity contribution in [3.8, 4) is 0 Å². The first kappa shape index (κ1) is 65.6. The van der Waals surface area contributed by atoms with Gasteiger partial charge in [0, 0.05) is 12.8 Å². The Morgan fingerprint density at radius 3 is 0.633 bits per heavy atom. The van der Waals surface area contributed by atoms with Crippen molar-refractivity contribution >= 4 is 31.3 Å². The van der Waals surface area contributed by atoms with E-state index in [9.17, 15) is 0 Å². The van der Waals surface area contributed by atoms with E-state index < -0.39 is 73.7 Å². The number of ether oxygens (including phenoxy) is 2. The summed E-state index contributed by atoms with van der Waals surface area (Å²) in [6.07, 6.45) is -8.05. The van der Waals surface area contributed by atoms with Gasteiger partial charge in [0.2, 0.25) is 0 Å². The summed E-state index contributed by atoms with van der Waals surface area (Å²) in [4.78, 5) is 0. The number of benzene rings is 8. The van der Waals surface area contributed by atoms with E-state index in [0.717, 1.165) is 6.42 Å². The van der Waals surface area contributed by atoms with Gasteiger partial charge >= 0.3 is 31.3 Å². The Bertz CT molecular complexity index is 3220. The van der Waals surface area contributed by atoms with Crippen LogP contribution >= 0.6 is 31.3 Å². The second kappa shape index (κ2) is 31.6. The maximum absolute atomic E-state index is 16.3. The molecule has 0 unspecified atom stereocenters. The number of phosphoric acid groups is 4. The van der Waals surface area contributed by atoms with Crippen molar-refractivity contribution in [2.75, 3.05) is 0 Å². The summed E-state index contributed by atoms with van der Waals surface area (Å²) in [7, 11) is -20.2. The minimum absolute atomic E-state index is 0.290. The van der Waals surface area contributed by atoms with Gasteiger partial charge in [0.15, 0.2) is 5.79 Å². The molecule has 1 saturated heterocycles. The highest BCUT2D eigenvalue weighted by Gasteiger charge is 2.67. The molecule has 0 aromatic heterocycles. The molecule has 22 heteroatoms. The largest absolute Gasteiger partial charge is 0.475 e. The van der Waals surface area contributed by atoms with Crippen LogP contribution < -0.4 is 0 Å². The highest BCUT2D eigenvalue weighted by Crippen LogP contribution is 2.64. The van der Waals surface area contributed by atoms with Gasteiger partial charge in [-0.25, -0.2) is 18.3 Å². The molecule has 1 heterocycles. The normalized spacial score (nSPS) is 20.2. The molecule has 472 valence electrons. The molecule has 1 aliphatic heterocycles. The first-order chi connectivity index (χ1) is 43.9. The fourth-order valence-electron chi connectivity index (χ4n) is 10.5. The van der Waals surface area contributed by atoms with Gasteiger partial charge in [-0.05, 0) is 57.3 Å². The molecule has 3 aliphatic rings. The Morgan fingerprint density at radius 2 is 0.444 bits per heavy atom. The smallest absolute Gasteiger partial charge is 0.341 e. The van der Waals surface area contributed by atoms with Crippen LogP contribution in [0.3, 0.4) is 0 Å². The van der Waals surface area contributed by atoms with Crippen LogP contribution in [0.25, 0.3) is 0 Å². The standard InChI is InChI=1S/C68H72O18P4/c69-87(73-46-54-28-10-1-11-29-54,74-47-55-30-12-2-13-31-55)83-64-62-63(82-68(81-62)44-26-9-27-45-68)65(84-88(70,75-48-56-32-14-3-15-33-56)76-49-57-34-16-4-17-35-57)67(86-90(72,79-52-60-40-22-7-23-41-60)80-53-61-42-24-8-25-43-61)66(64)85-89(71,77-50-58-36-18-5-19-37-58)78-51-59-38-20-6-21-39-59/h1-8,10-25,28-43,62-67H,9,26-27,44-53H2/t62-,63+,64-,65-,66+,67+/m1/s1. The summed E-state index contributed by atoms with van der Waals surface area (Å²) in [6.45, 7) is -2.50. The van der Waals surface area contributed by atoms with E-state index in [1.807, 2.05) is 48.5 Å². The lowest BCUT2D eigenvalue weighted by Gasteiger charge is -2.47. The number of phosphoric ester groups is 4. The van der Waals surface area contributed by atoms with E-state index in [-0.39, 0.29) is 52.9 Å². The van der Waals surface area contributed by atoms with Crippen molar-refractivity contribution in [2.24, 2.45) is 0 Å². The van der Waals surface area contributed by atoms with Gasteiger partial charge in [-0.15, -0.1) is 0 Å². The average Bonchev–Trinajstić information content (AvgIpc) is 1.51. The lowest BCUT2D eigenvalue weighted by Crippen LogP contribution is -2.64. The summed E-state index contributed by atoms with van der Waals surface area (Å²) in [5.41, 5.74) is 4.75. The van der Waals surface area contributed by atoms with E-state index in [0.29, 0.717) is 70.2 Å². The zero-order valence-electron chi connectivity index (χ0n) is 49.4. The fourth-order valence-corrected chi connectivity index (χ4v) is 15.9. The third-order valence-corrected chi connectivity index (χ3v) is 20.7. The molecule has 0 radical (unpaired) electrons. The Balaban J connectivity index is 1.10. The number of fused-ring (bicyclic) bond motifs is 1. The predicted octanol–water partition coefficient (Wildman–Crippen LogP) is 17.2. The molecular weight excluding hydrogens is 1230 g/mol. The van der Waals surface area contributed by atoms with Crippen molar-refractivity contribution in [2.45, 2.75) is 127 Å². The predicted molar refractivity (Wildman–Crippen MR) is 335 cm³/mol. The minimum Gasteiger partial charge on any atom is -0.341 e. The summed E-state index contributed by atoms with van der Waals surface area (Å²) in [5.74, 6) is -1.41. The average molecular weight is 1300 g/mol. The quantitative estimate of drug-likeness (QED) is 0.0360. The minimum atomic E-state index is -5.12. The van der Waals surface area contributed by atoms with E-state index in [4.69, 9.17) is 63.8 Å². The van der Waals surface area contributed by atoms with Crippen LogP contribution in [0.5, 0.6) is 0 Å². The van der Waals surface area contributed by atoms with E-state index >= 15 is 18.3 Å². The Morgan fingerprint density at radius 1 is 0.267 bits per heavy atom. The molecule has 0 bridgehead atoms. The molecule has 2 aliphatic carbocycles. The highest BCUT2D eigenvalue weighted by atomic mass is 31.2. The monoisotopic (exact) mass is 1300 g/mol. The lowest BCUT2D eigenvalue weighted by atomic mass is 9.85. The van der Waals surface area contributed by atoms with Crippen LogP contribution in [0, 0.1) is 0 Å². The van der Waals surface area contributed by atoms with E-state index in [1.54, 1.807) is 194 Å². The van der Waals surface area contributed by atoms with Crippen molar-refractivity contribution < 1.29 is 82.0 Å². The summed E-state index contributed by atoms with van der Waals surface area (Å²) >= 11 is 0. The lowest BCUT2D eigenvalue weighted by molar-refractivity contribution is -0.202. The van der Waals surface area contributed by atoms with Crippen LogP contribution in [-0.4, -0.2) is 42.4 Å². The van der Waals surface area contributed by atoms with Crippen molar-refractivity contribution in [3.05, 3.63) is 287 Å².